The smallest absolute Gasteiger partial charge is 0.160 e. The summed E-state index contributed by atoms with van der Waals surface area (Å²) in [5, 5.41) is 0. The topological polar surface area (TPSA) is 59.0 Å². The molecule has 24 heavy (non-hydrogen) atoms. The van der Waals surface area contributed by atoms with E-state index >= 15 is 0 Å². The second-order valence-corrected chi connectivity index (χ2v) is 7.14. The average molecular weight is 329 g/mol. The summed E-state index contributed by atoms with van der Waals surface area (Å²) in [6.45, 7) is 6.86. The molecule has 130 valence electrons. The molecular formula is C18H27N5O. The van der Waals surface area contributed by atoms with Gasteiger partial charge in [-0.05, 0) is 19.8 Å². The van der Waals surface area contributed by atoms with Crippen molar-refractivity contribution in [3.63, 3.8) is 0 Å². The van der Waals surface area contributed by atoms with Crippen LogP contribution >= 0.6 is 0 Å². The Balaban J connectivity index is 1.64. The summed E-state index contributed by atoms with van der Waals surface area (Å²) in [4.78, 5) is 14.9. The summed E-state index contributed by atoms with van der Waals surface area (Å²) in [5.41, 5.74) is 2.28. The maximum absolute atomic E-state index is 5.59. The van der Waals surface area contributed by atoms with Gasteiger partial charge in [-0.15, -0.1) is 0 Å². The number of imidazole rings is 2. The standard InChI is InChI=1S/C18H27N5O/c1-15-16(21-14-20-15)17-19-7-8-22(17)13-18(5-3-2-4-6-18)23-9-11-24-12-10-23/h7-8,14H,2-6,9-13H2,1H3,(H,20,21). The van der Waals surface area contributed by atoms with Gasteiger partial charge in [0.15, 0.2) is 5.82 Å². The summed E-state index contributed by atoms with van der Waals surface area (Å²) in [6, 6.07) is 0. The number of aryl methyl sites for hydroxylation is 1. The van der Waals surface area contributed by atoms with Crippen LogP contribution in [0.5, 0.6) is 0 Å². The molecule has 0 spiro atoms. The van der Waals surface area contributed by atoms with Crippen LogP contribution in [-0.2, 0) is 11.3 Å². The Labute approximate surface area is 143 Å². The van der Waals surface area contributed by atoms with Gasteiger partial charge in [-0.25, -0.2) is 9.97 Å². The van der Waals surface area contributed by atoms with Crippen molar-refractivity contribution in [1.82, 2.24) is 24.4 Å². The Bertz CT molecular complexity index is 665. The number of aromatic nitrogens is 4. The van der Waals surface area contributed by atoms with E-state index in [9.17, 15) is 0 Å². The van der Waals surface area contributed by atoms with Crippen molar-refractivity contribution in [3.8, 4) is 11.5 Å². The first-order valence-corrected chi connectivity index (χ1v) is 9.13. The molecule has 0 aromatic carbocycles. The Morgan fingerprint density at radius 2 is 1.96 bits per heavy atom. The number of rotatable bonds is 4. The molecule has 1 aliphatic carbocycles. The lowest BCUT2D eigenvalue weighted by molar-refractivity contribution is -0.0444. The van der Waals surface area contributed by atoms with Crippen LogP contribution in [0.15, 0.2) is 18.7 Å². The van der Waals surface area contributed by atoms with Crippen molar-refractivity contribution < 1.29 is 4.74 Å². The average Bonchev–Trinajstić information content (AvgIpc) is 3.25. The number of nitrogens with zero attached hydrogens (tertiary/aromatic N) is 4. The van der Waals surface area contributed by atoms with Gasteiger partial charge < -0.3 is 14.3 Å². The molecule has 2 aromatic rings. The van der Waals surface area contributed by atoms with Crippen LogP contribution in [0.3, 0.4) is 0 Å². The number of hydrogen-bond donors (Lipinski definition) is 1. The largest absolute Gasteiger partial charge is 0.379 e. The molecule has 1 aliphatic heterocycles. The van der Waals surface area contributed by atoms with E-state index in [1.54, 1.807) is 6.33 Å². The van der Waals surface area contributed by atoms with Gasteiger partial charge in [0.25, 0.3) is 0 Å². The predicted octanol–water partition coefficient (Wildman–Crippen LogP) is 2.62. The van der Waals surface area contributed by atoms with Crippen molar-refractivity contribution in [2.75, 3.05) is 26.3 Å². The lowest BCUT2D eigenvalue weighted by Crippen LogP contribution is -2.56. The third-order valence-corrected chi connectivity index (χ3v) is 5.69. The minimum atomic E-state index is 0.238. The predicted molar refractivity (Wildman–Crippen MR) is 92.8 cm³/mol. The van der Waals surface area contributed by atoms with E-state index in [-0.39, 0.29) is 5.54 Å². The fourth-order valence-corrected chi connectivity index (χ4v) is 4.38. The normalized spacial score (nSPS) is 21.9. The second-order valence-electron chi connectivity index (χ2n) is 7.14. The molecule has 2 fully saturated rings. The summed E-state index contributed by atoms with van der Waals surface area (Å²) in [6.07, 6.45) is 12.3. The van der Waals surface area contributed by atoms with Gasteiger partial charge in [-0.2, -0.15) is 0 Å². The number of H-pyrrole nitrogens is 1. The van der Waals surface area contributed by atoms with Crippen LogP contribution in [0.4, 0.5) is 0 Å². The van der Waals surface area contributed by atoms with Crippen molar-refractivity contribution in [2.45, 2.75) is 51.1 Å². The van der Waals surface area contributed by atoms with Gasteiger partial charge in [0.05, 0.1) is 19.5 Å². The first-order chi connectivity index (χ1) is 11.8. The minimum Gasteiger partial charge on any atom is -0.379 e. The molecule has 6 nitrogen and oxygen atoms in total. The van der Waals surface area contributed by atoms with Crippen LogP contribution in [0.25, 0.3) is 11.5 Å². The molecule has 0 radical (unpaired) electrons. The molecule has 1 N–H and O–H groups in total. The van der Waals surface area contributed by atoms with Crippen LogP contribution < -0.4 is 0 Å². The van der Waals surface area contributed by atoms with E-state index < -0.39 is 0 Å². The van der Waals surface area contributed by atoms with Crippen LogP contribution in [0, 0.1) is 6.92 Å². The molecule has 6 heteroatoms. The van der Waals surface area contributed by atoms with E-state index in [0.29, 0.717) is 0 Å². The lowest BCUT2D eigenvalue weighted by Gasteiger charge is -2.48. The molecular weight excluding hydrogens is 302 g/mol. The van der Waals surface area contributed by atoms with Gasteiger partial charge in [-0.1, -0.05) is 19.3 Å². The number of hydrogen-bond acceptors (Lipinski definition) is 4. The van der Waals surface area contributed by atoms with E-state index in [2.05, 4.69) is 37.5 Å². The number of aromatic amines is 1. The van der Waals surface area contributed by atoms with Gasteiger partial charge in [0.2, 0.25) is 0 Å². The van der Waals surface area contributed by atoms with Crippen molar-refractivity contribution in [2.24, 2.45) is 0 Å². The van der Waals surface area contributed by atoms with Gasteiger partial charge in [0.1, 0.15) is 5.69 Å². The number of ether oxygens (including phenoxy) is 1. The van der Waals surface area contributed by atoms with Gasteiger partial charge in [-0.3, -0.25) is 4.90 Å². The van der Waals surface area contributed by atoms with E-state index in [1.807, 2.05) is 6.20 Å². The number of nitrogens with one attached hydrogen (secondary N) is 1. The molecule has 2 aromatic heterocycles. The second kappa shape index (κ2) is 6.69. The molecule has 0 atom stereocenters. The summed E-state index contributed by atoms with van der Waals surface area (Å²) >= 11 is 0. The Hall–Kier alpha value is -1.66. The molecule has 0 bridgehead atoms. The minimum absolute atomic E-state index is 0.238. The van der Waals surface area contributed by atoms with E-state index in [1.165, 1.54) is 32.1 Å². The highest BCUT2D eigenvalue weighted by molar-refractivity contribution is 5.52. The van der Waals surface area contributed by atoms with Crippen molar-refractivity contribution in [1.29, 1.82) is 0 Å². The van der Waals surface area contributed by atoms with Gasteiger partial charge >= 0.3 is 0 Å². The van der Waals surface area contributed by atoms with Crippen molar-refractivity contribution in [3.05, 3.63) is 24.4 Å². The first-order valence-electron chi connectivity index (χ1n) is 9.13. The summed E-state index contributed by atoms with van der Waals surface area (Å²) in [7, 11) is 0. The molecule has 1 saturated heterocycles. The number of morpholine rings is 1. The van der Waals surface area contributed by atoms with Crippen LogP contribution in [0.2, 0.25) is 0 Å². The maximum Gasteiger partial charge on any atom is 0.160 e. The summed E-state index contributed by atoms with van der Waals surface area (Å²) in [5.74, 6) is 0.979. The summed E-state index contributed by atoms with van der Waals surface area (Å²) < 4.78 is 7.90. The Kier molecular flexibility index (Phi) is 4.41. The molecule has 3 heterocycles. The highest BCUT2D eigenvalue weighted by Crippen LogP contribution is 2.36. The molecule has 0 amide bonds. The lowest BCUT2D eigenvalue weighted by atomic mass is 9.79. The quantitative estimate of drug-likeness (QED) is 0.937. The molecule has 0 unspecified atom stereocenters. The zero-order chi connectivity index (χ0) is 16.4. The van der Waals surface area contributed by atoms with E-state index in [0.717, 1.165) is 50.1 Å². The molecule has 1 saturated carbocycles. The highest BCUT2D eigenvalue weighted by atomic mass is 16.5. The zero-order valence-corrected chi connectivity index (χ0v) is 14.5. The van der Waals surface area contributed by atoms with E-state index in [4.69, 9.17) is 4.74 Å². The van der Waals surface area contributed by atoms with Gasteiger partial charge in [0, 0.05) is 43.3 Å². The molecule has 4 rings (SSSR count). The first kappa shape index (κ1) is 15.8. The Morgan fingerprint density at radius 1 is 1.17 bits per heavy atom. The Morgan fingerprint density at radius 3 is 2.67 bits per heavy atom. The maximum atomic E-state index is 5.59. The van der Waals surface area contributed by atoms with Crippen molar-refractivity contribution >= 4 is 0 Å². The van der Waals surface area contributed by atoms with Crippen LogP contribution in [-0.4, -0.2) is 56.3 Å². The fourth-order valence-electron chi connectivity index (χ4n) is 4.38. The third kappa shape index (κ3) is 2.89. The fraction of sp³-hybridized carbons (Fsp3) is 0.667. The SMILES string of the molecule is Cc1[nH]cnc1-c1nccn1CC1(N2CCOCC2)CCCCC1. The molecule has 2 aliphatic rings. The van der Waals surface area contributed by atoms with Crippen LogP contribution in [0.1, 0.15) is 37.8 Å². The monoisotopic (exact) mass is 329 g/mol. The highest BCUT2D eigenvalue weighted by Gasteiger charge is 2.39. The zero-order valence-electron chi connectivity index (χ0n) is 14.5. The third-order valence-electron chi connectivity index (χ3n) is 5.69.